The van der Waals surface area contributed by atoms with Crippen molar-refractivity contribution in [1.82, 2.24) is 5.32 Å². The third-order valence-corrected chi connectivity index (χ3v) is 6.20. The smallest absolute Gasteiger partial charge is 0.238 e. The van der Waals surface area contributed by atoms with Crippen LogP contribution >= 0.6 is 0 Å². The zero-order chi connectivity index (χ0) is 17.7. The van der Waals surface area contributed by atoms with Gasteiger partial charge in [-0.05, 0) is 36.3 Å². The second kappa shape index (κ2) is 7.95. The normalized spacial score (nSPS) is 13.6. The van der Waals surface area contributed by atoms with Crippen molar-refractivity contribution < 1.29 is 13.2 Å². The first-order valence-electron chi connectivity index (χ1n) is 8.16. The molecule has 0 bridgehead atoms. The molecule has 0 aliphatic carbocycles. The molecule has 0 saturated heterocycles. The van der Waals surface area contributed by atoms with Crippen LogP contribution in [0.5, 0.6) is 0 Å². The fourth-order valence-corrected chi connectivity index (χ4v) is 3.60. The number of carbonyl (C=O) groups is 1. The van der Waals surface area contributed by atoms with E-state index in [4.69, 9.17) is 0 Å². The number of nitrogens with one attached hydrogen (secondary N) is 1. The first-order chi connectivity index (χ1) is 10.6. The predicted octanol–water partition coefficient (Wildman–Crippen LogP) is 2.86. The Morgan fingerprint density at radius 2 is 1.74 bits per heavy atom. The monoisotopic (exact) mass is 339 g/mol. The number of benzene rings is 1. The highest BCUT2D eigenvalue weighted by Gasteiger charge is 2.26. The molecule has 0 aliphatic heterocycles. The molecule has 4 nitrogen and oxygen atoms in total. The average Bonchev–Trinajstić information content (AvgIpc) is 2.45. The van der Waals surface area contributed by atoms with Crippen LogP contribution in [0.3, 0.4) is 0 Å². The van der Waals surface area contributed by atoms with Crippen LogP contribution in [-0.4, -0.2) is 31.9 Å². The molecule has 1 amide bonds. The predicted molar refractivity (Wildman–Crippen MR) is 95.4 cm³/mol. The van der Waals surface area contributed by atoms with Gasteiger partial charge in [0.25, 0.3) is 0 Å². The van der Waals surface area contributed by atoms with Crippen molar-refractivity contribution in [2.45, 2.75) is 58.1 Å². The van der Waals surface area contributed by atoms with E-state index in [2.05, 4.69) is 50.4 Å². The van der Waals surface area contributed by atoms with E-state index in [1.54, 1.807) is 6.92 Å². The highest BCUT2D eigenvalue weighted by atomic mass is 32.2. The van der Waals surface area contributed by atoms with E-state index in [0.717, 1.165) is 5.56 Å². The molecule has 1 N–H and O–H groups in total. The fraction of sp³-hybridized carbons (Fsp3) is 0.611. The Kier molecular flexibility index (Phi) is 6.81. The third kappa shape index (κ3) is 5.98. The molecule has 0 heterocycles. The Labute approximate surface area is 140 Å². The maximum absolute atomic E-state index is 12.0. The number of hydrogen-bond acceptors (Lipinski definition) is 3. The second-order valence-corrected chi connectivity index (χ2v) is 9.44. The third-order valence-electron chi connectivity index (χ3n) is 3.93. The van der Waals surface area contributed by atoms with Gasteiger partial charge in [0.2, 0.25) is 5.91 Å². The van der Waals surface area contributed by atoms with E-state index in [9.17, 15) is 13.2 Å². The average molecular weight is 340 g/mol. The first-order valence-corrected chi connectivity index (χ1v) is 9.88. The molecule has 0 unspecified atom stereocenters. The quantitative estimate of drug-likeness (QED) is 0.831. The molecule has 0 saturated carbocycles. The number of amides is 1. The summed E-state index contributed by atoms with van der Waals surface area (Å²) in [7, 11) is -3.34. The summed E-state index contributed by atoms with van der Waals surface area (Å²) < 4.78 is 23.8. The van der Waals surface area contributed by atoms with Crippen molar-refractivity contribution in [3.05, 3.63) is 35.4 Å². The highest BCUT2D eigenvalue weighted by Crippen LogP contribution is 2.22. The van der Waals surface area contributed by atoms with Crippen molar-refractivity contribution in [3.8, 4) is 0 Å². The lowest BCUT2D eigenvalue weighted by Gasteiger charge is -2.19. The molecule has 1 rings (SSSR count). The Morgan fingerprint density at radius 3 is 2.22 bits per heavy atom. The summed E-state index contributed by atoms with van der Waals surface area (Å²) >= 11 is 0. The fourth-order valence-electron chi connectivity index (χ4n) is 2.27. The molecule has 1 aromatic carbocycles. The second-order valence-electron chi connectivity index (χ2n) is 7.00. The van der Waals surface area contributed by atoms with Gasteiger partial charge in [-0.3, -0.25) is 4.79 Å². The zero-order valence-electron chi connectivity index (χ0n) is 14.8. The van der Waals surface area contributed by atoms with Gasteiger partial charge >= 0.3 is 0 Å². The van der Waals surface area contributed by atoms with Crippen LogP contribution in [0.2, 0.25) is 0 Å². The lowest BCUT2D eigenvalue weighted by atomic mass is 9.86. The molecule has 23 heavy (non-hydrogen) atoms. The van der Waals surface area contributed by atoms with Gasteiger partial charge in [0.15, 0.2) is 9.84 Å². The first kappa shape index (κ1) is 19.7. The van der Waals surface area contributed by atoms with E-state index in [1.165, 1.54) is 12.5 Å². The van der Waals surface area contributed by atoms with E-state index in [1.807, 2.05) is 0 Å². The molecule has 0 radical (unpaired) electrons. The molecule has 5 heteroatoms. The van der Waals surface area contributed by atoms with Crippen molar-refractivity contribution in [2.24, 2.45) is 0 Å². The van der Waals surface area contributed by atoms with Gasteiger partial charge < -0.3 is 5.32 Å². The number of carbonyl (C=O) groups excluding carboxylic acids is 1. The molecular weight excluding hydrogens is 310 g/mol. The van der Waals surface area contributed by atoms with Gasteiger partial charge in [-0.15, -0.1) is 0 Å². The largest absolute Gasteiger partial charge is 0.355 e. The molecule has 130 valence electrons. The summed E-state index contributed by atoms with van der Waals surface area (Å²) in [4.78, 5) is 12.0. The van der Waals surface area contributed by atoms with Gasteiger partial charge in [-0.2, -0.15) is 0 Å². The minimum Gasteiger partial charge on any atom is -0.355 e. The SMILES string of the molecule is CCCS(=O)(=O)[C@@H](C)C(=O)NCCc1ccc(C(C)(C)C)cc1. The van der Waals surface area contributed by atoms with Crippen molar-refractivity contribution in [1.29, 1.82) is 0 Å². The molecule has 0 spiro atoms. The Balaban J connectivity index is 2.52. The van der Waals surface area contributed by atoms with Gasteiger partial charge in [0.1, 0.15) is 5.25 Å². The maximum atomic E-state index is 12.0. The van der Waals surface area contributed by atoms with Crippen molar-refractivity contribution in [3.63, 3.8) is 0 Å². The highest BCUT2D eigenvalue weighted by molar-refractivity contribution is 7.92. The topological polar surface area (TPSA) is 63.2 Å². The van der Waals surface area contributed by atoms with Gasteiger partial charge in [-0.25, -0.2) is 8.42 Å². The lowest BCUT2D eigenvalue weighted by molar-refractivity contribution is -0.120. The standard InChI is InChI=1S/C18H29NO3S/c1-6-13-23(21,22)14(2)17(20)19-12-11-15-7-9-16(10-8-15)18(3,4)5/h7-10,14H,6,11-13H2,1-5H3,(H,19,20)/t14-/m0/s1. The number of sulfone groups is 1. The van der Waals surface area contributed by atoms with E-state index < -0.39 is 21.0 Å². The molecular formula is C18H29NO3S. The van der Waals surface area contributed by atoms with Crippen LogP contribution in [0.15, 0.2) is 24.3 Å². The molecule has 1 atom stereocenters. The van der Waals surface area contributed by atoms with Crippen LogP contribution < -0.4 is 5.32 Å². The summed E-state index contributed by atoms with van der Waals surface area (Å²) in [5, 5.41) is 1.74. The molecule has 1 aromatic rings. The van der Waals surface area contributed by atoms with E-state index in [-0.39, 0.29) is 11.2 Å². The maximum Gasteiger partial charge on any atom is 0.238 e. The van der Waals surface area contributed by atoms with E-state index >= 15 is 0 Å². The van der Waals surface area contributed by atoms with Gasteiger partial charge in [0.05, 0.1) is 5.75 Å². The van der Waals surface area contributed by atoms with Crippen LogP contribution in [-0.2, 0) is 26.5 Å². The molecule has 0 fully saturated rings. The minimum absolute atomic E-state index is 0.0514. The van der Waals surface area contributed by atoms with Gasteiger partial charge in [-0.1, -0.05) is 52.0 Å². The van der Waals surface area contributed by atoms with Crippen LogP contribution in [0.25, 0.3) is 0 Å². The zero-order valence-corrected chi connectivity index (χ0v) is 15.7. The van der Waals surface area contributed by atoms with Gasteiger partial charge in [0, 0.05) is 6.54 Å². The Bertz CT molecular complexity index is 613. The van der Waals surface area contributed by atoms with Crippen molar-refractivity contribution >= 4 is 15.7 Å². The Hall–Kier alpha value is -1.36. The lowest BCUT2D eigenvalue weighted by Crippen LogP contribution is -2.39. The minimum atomic E-state index is -3.34. The summed E-state index contributed by atoms with van der Waals surface area (Å²) in [5.41, 5.74) is 2.52. The van der Waals surface area contributed by atoms with Crippen LogP contribution in [0.4, 0.5) is 0 Å². The van der Waals surface area contributed by atoms with E-state index in [0.29, 0.717) is 19.4 Å². The van der Waals surface area contributed by atoms with Crippen LogP contribution in [0, 0.1) is 0 Å². The van der Waals surface area contributed by atoms with Crippen molar-refractivity contribution in [2.75, 3.05) is 12.3 Å². The molecule has 0 aromatic heterocycles. The molecule has 0 aliphatic rings. The Morgan fingerprint density at radius 1 is 1.17 bits per heavy atom. The summed E-state index contributed by atoms with van der Waals surface area (Å²) in [6.45, 7) is 10.2. The summed E-state index contributed by atoms with van der Waals surface area (Å²) in [6.07, 6.45) is 1.22. The summed E-state index contributed by atoms with van der Waals surface area (Å²) in [6, 6.07) is 8.32. The van der Waals surface area contributed by atoms with Crippen LogP contribution in [0.1, 0.15) is 52.2 Å². The summed E-state index contributed by atoms with van der Waals surface area (Å²) in [5.74, 6) is -0.361. The number of rotatable bonds is 7. The number of hydrogen-bond donors (Lipinski definition) is 1.